The largest absolute Gasteiger partial charge is 0.264 e. The van der Waals surface area contributed by atoms with Crippen LogP contribution in [0, 0.1) is 5.82 Å². The molecule has 0 saturated carbocycles. The van der Waals surface area contributed by atoms with Gasteiger partial charge in [0.1, 0.15) is 21.5 Å². The van der Waals surface area contributed by atoms with Crippen LogP contribution in [-0.4, -0.2) is 25.0 Å². The molecule has 0 saturated heterocycles. The Bertz CT molecular complexity index is 781. The maximum atomic E-state index is 12.9. The monoisotopic (exact) mass is 381 g/mol. The third-order valence-electron chi connectivity index (χ3n) is 2.96. The molecule has 0 bridgehead atoms. The van der Waals surface area contributed by atoms with Crippen LogP contribution in [0.2, 0.25) is 0 Å². The lowest BCUT2D eigenvalue weighted by atomic mass is 10.2. The van der Waals surface area contributed by atoms with E-state index in [1.54, 1.807) is 22.1 Å². The predicted octanol–water partition coefficient (Wildman–Crippen LogP) is 3.87. The average molecular weight is 382 g/mol. The topological polar surface area (TPSA) is 56.5 Å². The maximum absolute atomic E-state index is 12.9. The highest BCUT2D eigenvalue weighted by Gasteiger charge is 2.13. The van der Waals surface area contributed by atoms with E-state index in [1.807, 2.05) is 6.20 Å². The van der Waals surface area contributed by atoms with E-state index in [-0.39, 0.29) is 5.82 Å². The number of halogens is 2. The van der Waals surface area contributed by atoms with Gasteiger partial charge in [0.2, 0.25) is 0 Å². The van der Waals surface area contributed by atoms with Crippen molar-refractivity contribution in [3.8, 4) is 11.4 Å². The van der Waals surface area contributed by atoms with Gasteiger partial charge < -0.3 is 0 Å². The Balaban J connectivity index is 1.83. The van der Waals surface area contributed by atoms with Gasteiger partial charge in [0, 0.05) is 12.1 Å². The van der Waals surface area contributed by atoms with Crippen LogP contribution in [0.4, 0.5) is 4.39 Å². The first kappa shape index (κ1) is 15.2. The van der Waals surface area contributed by atoms with E-state index in [4.69, 9.17) is 0 Å². The third-order valence-corrected chi connectivity index (χ3v) is 4.75. The lowest BCUT2D eigenvalue weighted by molar-refractivity contribution is 0.621. The lowest BCUT2D eigenvalue weighted by Crippen LogP contribution is -2.00. The van der Waals surface area contributed by atoms with Gasteiger partial charge in [0.15, 0.2) is 0 Å². The van der Waals surface area contributed by atoms with Crippen molar-refractivity contribution in [1.82, 2.24) is 25.0 Å². The summed E-state index contributed by atoms with van der Waals surface area (Å²) in [6.07, 6.45) is 3.04. The van der Waals surface area contributed by atoms with Crippen molar-refractivity contribution < 1.29 is 4.39 Å². The Morgan fingerprint density at radius 3 is 2.77 bits per heavy atom. The normalized spacial score (nSPS) is 11.3. The van der Waals surface area contributed by atoms with Gasteiger partial charge in [-0.3, -0.25) is 9.67 Å². The molecule has 0 aliphatic carbocycles. The third kappa shape index (κ3) is 3.22. The lowest BCUT2D eigenvalue weighted by Gasteiger charge is -1.98. The summed E-state index contributed by atoms with van der Waals surface area (Å²) in [7, 11) is 0. The van der Waals surface area contributed by atoms with E-state index >= 15 is 0 Å². The predicted molar refractivity (Wildman–Crippen MR) is 86.2 cm³/mol. The van der Waals surface area contributed by atoms with Gasteiger partial charge >= 0.3 is 0 Å². The minimum atomic E-state index is -0.366. The van der Waals surface area contributed by atoms with Crippen LogP contribution in [0.5, 0.6) is 0 Å². The molecule has 3 heterocycles. The summed E-state index contributed by atoms with van der Waals surface area (Å²) in [5.74, 6) is 0.00367. The summed E-state index contributed by atoms with van der Waals surface area (Å²) in [4.78, 5) is 4.05. The van der Waals surface area contributed by atoms with Crippen LogP contribution < -0.4 is 0 Å². The molecule has 3 rings (SSSR count). The fourth-order valence-corrected chi connectivity index (χ4v) is 3.23. The average Bonchev–Trinajstić information content (AvgIpc) is 3.07. The number of hydrogen-bond donors (Lipinski definition) is 0. The zero-order valence-corrected chi connectivity index (χ0v) is 14.4. The highest BCUT2D eigenvalue weighted by atomic mass is 79.9. The summed E-state index contributed by atoms with van der Waals surface area (Å²) >= 11 is 5.05. The van der Waals surface area contributed by atoms with Crippen LogP contribution >= 0.6 is 27.3 Å². The van der Waals surface area contributed by atoms with Crippen LogP contribution in [0.1, 0.15) is 29.8 Å². The van der Waals surface area contributed by atoms with Gasteiger partial charge in [-0.2, -0.15) is 5.10 Å². The maximum Gasteiger partial charge on any atom is 0.141 e. The molecule has 8 heteroatoms. The van der Waals surface area contributed by atoms with E-state index < -0.39 is 0 Å². The Kier molecular flexibility index (Phi) is 4.30. The Morgan fingerprint density at radius 1 is 1.32 bits per heavy atom. The molecule has 0 unspecified atom stereocenters. The minimum absolute atomic E-state index is 0.366. The Labute approximate surface area is 139 Å². The van der Waals surface area contributed by atoms with E-state index in [0.717, 1.165) is 14.5 Å². The van der Waals surface area contributed by atoms with Gasteiger partial charge in [-0.05, 0) is 28.1 Å². The zero-order chi connectivity index (χ0) is 15.7. The van der Waals surface area contributed by atoms with Crippen molar-refractivity contribution in [3.05, 3.63) is 44.8 Å². The van der Waals surface area contributed by atoms with Crippen molar-refractivity contribution in [2.75, 3.05) is 0 Å². The molecule has 0 spiro atoms. The molecule has 114 valence electrons. The van der Waals surface area contributed by atoms with Crippen molar-refractivity contribution >= 4 is 27.3 Å². The van der Waals surface area contributed by atoms with Gasteiger partial charge in [-0.1, -0.05) is 25.2 Å². The molecule has 0 N–H and O–H groups in total. The van der Waals surface area contributed by atoms with Crippen LogP contribution in [0.25, 0.3) is 11.4 Å². The first-order valence-electron chi connectivity index (χ1n) is 6.70. The second-order valence-electron chi connectivity index (χ2n) is 5.07. The summed E-state index contributed by atoms with van der Waals surface area (Å²) in [6.45, 7) is 4.73. The smallest absolute Gasteiger partial charge is 0.141 e. The van der Waals surface area contributed by atoms with Gasteiger partial charge in [-0.15, -0.1) is 10.2 Å². The highest BCUT2D eigenvalue weighted by Crippen LogP contribution is 2.26. The van der Waals surface area contributed by atoms with Crippen molar-refractivity contribution in [2.45, 2.75) is 26.3 Å². The first-order valence-corrected chi connectivity index (χ1v) is 8.31. The van der Waals surface area contributed by atoms with Crippen LogP contribution in [0.3, 0.4) is 0 Å². The fourth-order valence-electron chi connectivity index (χ4n) is 1.87. The summed E-state index contributed by atoms with van der Waals surface area (Å²) in [5.41, 5.74) is 1.29. The molecular weight excluding hydrogens is 369 g/mol. The summed E-state index contributed by atoms with van der Waals surface area (Å²) in [5, 5.41) is 14.8. The summed E-state index contributed by atoms with van der Waals surface area (Å²) < 4.78 is 15.5. The van der Waals surface area contributed by atoms with Crippen molar-refractivity contribution in [2.24, 2.45) is 0 Å². The van der Waals surface area contributed by atoms with Gasteiger partial charge in [-0.25, -0.2) is 4.39 Å². The Hall–Kier alpha value is -1.67. The van der Waals surface area contributed by atoms with Gasteiger partial charge in [0.25, 0.3) is 0 Å². The quantitative estimate of drug-likeness (QED) is 0.688. The molecule has 0 atom stereocenters. The second kappa shape index (κ2) is 6.21. The van der Waals surface area contributed by atoms with E-state index in [9.17, 15) is 4.39 Å². The molecule has 0 aromatic carbocycles. The summed E-state index contributed by atoms with van der Waals surface area (Å²) in [6, 6.07) is 2.97. The van der Waals surface area contributed by atoms with Crippen molar-refractivity contribution in [3.63, 3.8) is 0 Å². The molecule has 0 amide bonds. The van der Waals surface area contributed by atoms with E-state index in [2.05, 4.69) is 50.1 Å². The fraction of sp³-hybridized carbons (Fsp3) is 0.286. The molecule has 0 radical (unpaired) electrons. The van der Waals surface area contributed by atoms with Crippen LogP contribution in [-0.2, 0) is 6.54 Å². The minimum Gasteiger partial charge on any atom is -0.264 e. The van der Waals surface area contributed by atoms with Gasteiger partial charge in [0.05, 0.1) is 22.9 Å². The van der Waals surface area contributed by atoms with Crippen LogP contribution in [0.15, 0.2) is 29.0 Å². The number of nitrogens with zero attached hydrogens (tertiary/aromatic N) is 5. The molecule has 0 aliphatic rings. The zero-order valence-electron chi connectivity index (χ0n) is 12.0. The molecule has 22 heavy (non-hydrogen) atoms. The molecule has 0 fully saturated rings. The molecule has 0 aliphatic heterocycles. The molecule has 3 aromatic heterocycles. The van der Waals surface area contributed by atoms with E-state index in [0.29, 0.717) is 23.9 Å². The van der Waals surface area contributed by atoms with Crippen molar-refractivity contribution in [1.29, 1.82) is 0 Å². The standard InChI is InChI=1S/C14H13BrFN5S/c1-8(2)14-19-18-12(22-14)7-21-6-10(15)13(20-21)11-4-3-9(16)5-17-11/h3-6,8H,7H2,1-2H3. The van der Waals surface area contributed by atoms with E-state index in [1.165, 1.54) is 12.3 Å². The Morgan fingerprint density at radius 2 is 2.14 bits per heavy atom. The first-order chi connectivity index (χ1) is 10.5. The number of rotatable bonds is 4. The second-order valence-corrected chi connectivity index (χ2v) is 7.02. The molecule has 5 nitrogen and oxygen atoms in total. The highest BCUT2D eigenvalue weighted by molar-refractivity contribution is 9.10. The molecular formula is C14H13BrFN5S. The number of hydrogen-bond acceptors (Lipinski definition) is 5. The molecule has 3 aromatic rings. The number of aromatic nitrogens is 5. The number of pyridine rings is 1. The SMILES string of the molecule is CC(C)c1nnc(Cn2cc(Br)c(-c3ccc(F)cn3)n2)s1.